The number of methoxy groups -OCH3 is 2. The van der Waals surface area contributed by atoms with Crippen molar-refractivity contribution in [3.8, 4) is 17.2 Å². The second kappa shape index (κ2) is 6.22. The van der Waals surface area contributed by atoms with Gasteiger partial charge in [0.05, 0.1) is 14.2 Å². The number of hydrogen-bond acceptors (Lipinski definition) is 6. The van der Waals surface area contributed by atoms with Crippen LogP contribution in [0.15, 0.2) is 12.1 Å². The van der Waals surface area contributed by atoms with Gasteiger partial charge >= 0.3 is 5.97 Å². The van der Waals surface area contributed by atoms with Crippen LogP contribution >= 0.6 is 0 Å². The van der Waals surface area contributed by atoms with Crippen LogP contribution in [-0.4, -0.2) is 38.9 Å². The number of nitrogens with one attached hydrogen (secondary N) is 1. The van der Waals surface area contributed by atoms with Gasteiger partial charge in [-0.2, -0.15) is 0 Å². The van der Waals surface area contributed by atoms with Crippen molar-refractivity contribution in [3.63, 3.8) is 0 Å². The summed E-state index contributed by atoms with van der Waals surface area (Å²) in [6.45, 7) is 5.05. The molecule has 1 heterocycles. The fraction of sp³-hybridized carbons (Fsp3) is 0.533. The van der Waals surface area contributed by atoms with Crippen LogP contribution in [0.3, 0.4) is 0 Å². The van der Waals surface area contributed by atoms with Crippen LogP contribution in [-0.2, 0) is 16.1 Å². The molecule has 1 aliphatic rings. The number of rotatable bonds is 5. The van der Waals surface area contributed by atoms with Crippen molar-refractivity contribution >= 4 is 5.97 Å². The van der Waals surface area contributed by atoms with Crippen molar-refractivity contribution in [2.75, 3.05) is 27.4 Å². The topological polar surface area (TPSA) is 66.0 Å². The Balaban J connectivity index is 2.16. The summed E-state index contributed by atoms with van der Waals surface area (Å²) in [5.74, 6) is 1.60. The first-order valence-corrected chi connectivity index (χ1v) is 6.78. The van der Waals surface area contributed by atoms with Gasteiger partial charge in [-0.1, -0.05) is 0 Å². The zero-order valence-corrected chi connectivity index (χ0v) is 12.8. The molecule has 0 aliphatic carbocycles. The Morgan fingerprint density at radius 2 is 2.00 bits per heavy atom. The first kappa shape index (κ1) is 15.4. The van der Waals surface area contributed by atoms with Crippen LogP contribution in [0.1, 0.15) is 19.4 Å². The maximum absolute atomic E-state index is 11.7. The Morgan fingerprint density at radius 3 is 2.67 bits per heavy atom. The molecular weight excluding hydrogens is 274 g/mol. The monoisotopic (exact) mass is 295 g/mol. The lowest BCUT2D eigenvalue weighted by Crippen LogP contribution is -2.46. The van der Waals surface area contributed by atoms with Crippen LogP contribution in [0, 0.1) is 0 Å². The first-order valence-electron chi connectivity index (χ1n) is 6.78. The molecule has 0 spiro atoms. The highest BCUT2D eigenvalue weighted by Gasteiger charge is 2.28. The van der Waals surface area contributed by atoms with Crippen molar-refractivity contribution < 1.29 is 23.7 Å². The molecule has 1 aliphatic heterocycles. The maximum Gasteiger partial charge on any atom is 0.325 e. The molecule has 0 fully saturated rings. The van der Waals surface area contributed by atoms with E-state index in [-0.39, 0.29) is 5.97 Å². The van der Waals surface area contributed by atoms with Crippen molar-refractivity contribution in [1.29, 1.82) is 0 Å². The second-order valence-corrected chi connectivity index (χ2v) is 5.29. The molecule has 0 atom stereocenters. The smallest absolute Gasteiger partial charge is 0.325 e. The molecule has 0 amide bonds. The van der Waals surface area contributed by atoms with Gasteiger partial charge in [0.1, 0.15) is 18.8 Å². The number of hydrogen-bond donors (Lipinski definition) is 1. The summed E-state index contributed by atoms with van der Waals surface area (Å²) < 4.78 is 21.2. The Labute approximate surface area is 124 Å². The van der Waals surface area contributed by atoms with Gasteiger partial charge in [-0.05, 0) is 31.5 Å². The van der Waals surface area contributed by atoms with Crippen molar-refractivity contribution in [2.45, 2.75) is 25.9 Å². The minimum atomic E-state index is -0.769. The van der Waals surface area contributed by atoms with E-state index in [2.05, 4.69) is 5.32 Å². The van der Waals surface area contributed by atoms with Crippen molar-refractivity contribution in [3.05, 3.63) is 17.7 Å². The quantitative estimate of drug-likeness (QED) is 0.831. The van der Waals surface area contributed by atoms with Gasteiger partial charge < -0.3 is 18.9 Å². The van der Waals surface area contributed by atoms with Gasteiger partial charge in [0.2, 0.25) is 5.75 Å². The number of esters is 1. The summed E-state index contributed by atoms with van der Waals surface area (Å²) in [7, 11) is 2.96. The average Bonchev–Trinajstić information content (AvgIpc) is 2.51. The Bertz CT molecular complexity index is 510. The van der Waals surface area contributed by atoms with Gasteiger partial charge in [0.15, 0.2) is 11.5 Å². The SMILES string of the molecule is COC(=O)C(C)(C)NCc1cc(OC)c2c(c1)OCCO2. The number of carbonyl (C=O) groups is 1. The zero-order chi connectivity index (χ0) is 15.5. The summed E-state index contributed by atoms with van der Waals surface area (Å²) in [4.78, 5) is 11.7. The third kappa shape index (κ3) is 3.39. The lowest BCUT2D eigenvalue weighted by Gasteiger charge is -2.25. The molecule has 0 unspecified atom stereocenters. The molecule has 1 N–H and O–H groups in total. The molecule has 0 saturated carbocycles. The van der Waals surface area contributed by atoms with Crippen LogP contribution in [0.5, 0.6) is 17.2 Å². The average molecular weight is 295 g/mol. The van der Waals surface area contributed by atoms with E-state index in [0.717, 1.165) is 5.56 Å². The van der Waals surface area contributed by atoms with Crippen LogP contribution in [0.25, 0.3) is 0 Å². The van der Waals surface area contributed by atoms with Crippen LogP contribution in [0.2, 0.25) is 0 Å². The standard InChI is InChI=1S/C15H21NO5/c1-15(2,14(17)19-4)16-9-10-7-11(18-3)13-12(8-10)20-5-6-21-13/h7-8,16H,5-6,9H2,1-4H3. The minimum absolute atomic E-state index is 0.313. The highest BCUT2D eigenvalue weighted by molar-refractivity contribution is 5.79. The van der Waals surface area contributed by atoms with E-state index in [9.17, 15) is 4.79 Å². The molecule has 1 aromatic rings. The number of ether oxygens (including phenoxy) is 4. The number of carbonyl (C=O) groups excluding carboxylic acids is 1. The van der Waals surface area contributed by atoms with E-state index in [0.29, 0.717) is 37.0 Å². The Hall–Kier alpha value is -1.95. The molecule has 0 saturated heterocycles. The molecule has 6 heteroatoms. The summed E-state index contributed by atoms with van der Waals surface area (Å²) in [6, 6.07) is 3.76. The highest BCUT2D eigenvalue weighted by atomic mass is 16.6. The van der Waals surface area contributed by atoms with Gasteiger partial charge in [-0.25, -0.2) is 0 Å². The van der Waals surface area contributed by atoms with Gasteiger partial charge in [-0.3, -0.25) is 10.1 Å². The van der Waals surface area contributed by atoms with E-state index in [1.54, 1.807) is 21.0 Å². The molecule has 116 valence electrons. The molecule has 6 nitrogen and oxygen atoms in total. The highest BCUT2D eigenvalue weighted by Crippen LogP contribution is 2.40. The summed E-state index contributed by atoms with van der Waals surface area (Å²) >= 11 is 0. The molecular formula is C15H21NO5. The summed E-state index contributed by atoms with van der Waals surface area (Å²) in [5.41, 5.74) is 0.169. The molecule has 0 aromatic heterocycles. The van der Waals surface area contributed by atoms with Gasteiger partial charge in [-0.15, -0.1) is 0 Å². The molecule has 0 radical (unpaired) electrons. The number of fused-ring (bicyclic) bond motifs is 1. The van der Waals surface area contributed by atoms with Gasteiger partial charge in [0, 0.05) is 6.54 Å². The third-order valence-corrected chi connectivity index (χ3v) is 3.32. The predicted molar refractivity (Wildman–Crippen MR) is 76.9 cm³/mol. The molecule has 21 heavy (non-hydrogen) atoms. The van der Waals surface area contributed by atoms with Crippen molar-refractivity contribution in [2.24, 2.45) is 0 Å². The van der Waals surface area contributed by atoms with Crippen LogP contribution in [0.4, 0.5) is 0 Å². The fourth-order valence-electron chi connectivity index (χ4n) is 2.08. The van der Waals surface area contributed by atoms with E-state index in [1.165, 1.54) is 7.11 Å². The van der Waals surface area contributed by atoms with Crippen molar-refractivity contribution in [1.82, 2.24) is 5.32 Å². The van der Waals surface area contributed by atoms with E-state index in [1.807, 2.05) is 12.1 Å². The lowest BCUT2D eigenvalue weighted by molar-refractivity contribution is -0.147. The first-order chi connectivity index (χ1) is 9.97. The normalized spacial score (nSPS) is 13.7. The minimum Gasteiger partial charge on any atom is -0.493 e. The maximum atomic E-state index is 11.7. The van der Waals surface area contributed by atoms with E-state index >= 15 is 0 Å². The largest absolute Gasteiger partial charge is 0.493 e. The van der Waals surface area contributed by atoms with E-state index < -0.39 is 5.54 Å². The van der Waals surface area contributed by atoms with Crippen LogP contribution < -0.4 is 19.5 Å². The van der Waals surface area contributed by atoms with E-state index in [4.69, 9.17) is 18.9 Å². The lowest BCUT2D eigenvalue weighted by atomic mass is 10.1. The Morgan fingerprint density at radius 1 is 1.29 bits per heavy atom. The Kier molecular flexibility index (Phi) is 4.57. The molecule has 0 bridgehead atoms. The summed E-state index contributed by atoms with van der Waals surface area (Å²) in [5, 5.41) is 3.16. The third-order valence-electron chi connectivity index (χ3n) is 3.32. The van der Waals surface area contributed by atoms with Gasteiger partial charge in [0.25, 0.3) is 0 Å². The zero-order valence-electron chi connectivity index (χ0n) is 12.8. The molecule has 2 rings (SSSR count). The summed E-state index contributed by atoms with van der Waals surface area (Å²) in [6.07, 6.45) is 0. The number of benzene rings is 1. The predicted octanol–water partition coefficient (Wildman–Crippen LogP) is 1.51. The molecule has 1 aromatic carbocycles. The fourth-order valence-corrected chi connectivity index (χ4v) is 2.08. The second-order valence-electron chi connectivity index (χ2n) is 5.29.